The Hall–Kier alpha value is -1.86. The first-order valence-corrected chi connectivity index (χ1v) is 6.17. The van der Waals surface area contributed by atoms with E-state index in [1.54, 1.807) is 7.05 Å². The molecule has 0 saturated carbocycles. The number of nitro benzene ring substituents is 1. The number of nitrogen functional groups attached to an aromatic ring is 1. The maximum absolute atomic E-state index is 12.2. The molecule has 1 aromatic carbocycles. The van der Waals surface area contributed by atoms with Gasteiger partial charge in [0.05, 0.1) is 4.92 Å². The molecule has 1 amide bonds. The fourth-order valence-corrected chi connectivity index (χ4v) is 1.83. The van der Waals surface area contributed by atoms with Crippen LogP contribution in [0.5, 0.6) is 0 Å². The molecule has 0 aliphatic carbocycles. The molecule has 21 heavy (non-hydrogen) atoms. The highest BCUT2D eigenvalue weighted by molar-refractivity contribution is 5.95. The second kappa shape index (κ2) is 7.24. The lowest BCUT2D eigenvalue weighted by atomic mass is 9.93. The van der Waals surface area contributed by atoms with Gasteiger partial charge in [0.2, 0.25) is 0 Å². The molecule has 0 aromatic heterocycles. The van der Waals surface area contributed by atoms with Gasteiger partial charge in [-0.3, -0.25) is 14.9 Å². The van der Waals surface area contributed by atoms with Crippen molar-refractivity contribution in [2.45, 2.75) is 13.8 Å². The highest BCUT2D eigenvalue weighted by Gasteiger charge is 2.23. The maximum atomic E-state index is 12.2. The maximum Gasteiger partial charge on any atom is 0.292 e. The third-order valence-corrected chi connectivity index (χ3v) is 3.04. The largest absolute Gasteiger partial charge is 0.393 e. The lowest BCUT2D eigenvalue weighted by Gasteiger charge is -2.29. The summed E-state index contributed by atoms with van der Waals surface area (Å²) < 4.78 is 0. The summed E-state index contributed by atoms with van der Waals surface area (Å²) in [4.78, 5) is 24.0. The van der Waals surface area contributed by atoms with Crippen LogP contribution >= 0.6 is 12.4 Å². The number of benzene rings is 1. The van der Waals surface area contributed by atoms with Gasteiger partial charge in [-0.05, 0) is 24.1 Å². The number of carbonyl (C=O) groups is 1. The molecular formula is C13H21ClN4O3. The molecule has 1 rings (SSSR count). The van der Waals surface area contributed by atoms with Crippen molar-refractivity contribution >= 4 is 29.7 Å². The number of anilines is 1. The number of nitro groups is 1. The van der Waals surface area contributed by atoms with Crippen LogP contribution in [0.25, 0.3) is 0 Å². The predicted octanol–water partition coefficient (Wildman–Crippen LogP) is 1.66. The minimum absolute atomic E-state index is 0. The van der Waals surface area contributed by atoms with Gasteiger partial charge >= 0.3 is 0 Å². The van der Waals surface area contributed by atoms with E-state index in [1.165, 1.54) is 23.1 Å². The van der Waals surface area contributed by atoms with Crippen molar-refractivity contribution in [3.05, 3.63) is 33.9 Å². The van der Waals surface area contributed by atoms with Gasteiger partial charge in [0.25, 0.3) is 11.6 Å². The third-order valence-electron chi connectivity index (χ3n) is 3.04. The second-order valence-electron chi connectivity index (χ2n) is 5.56. The summed E-state index contributed by atoms with van der Waals surface area (Å²) >= 11 is 0. The van der Waals surface area contributed by atoms with E-state index in [-0.39, 0.29) is 40.7 Å². The van der Waals surface area contributed by atoms with Crippen molar-refractivity contribution in [1.82, 2.24) is 4.90 Å². The molecule has 0 heterocycles. The number of carbonyl (C=O) groups excluding carboxylic acids is 1. The molecule has 0 aliphatic rings. The Bertz CT molecular complexity index is 534. The number of nitrogens with two attached hydrogens (primary N) is 2. The molecular weight excluding hydrogens is 296 g/mol. The molecule has 7 nitrogen and oxygen atoms in total. The molecule has 0 unspecified atom stereocenters. The van der Waals surface area contributed by atoms with E-state index < -0.39 is 4.92 Å². The summed E-state index contributed by atoms with van der Waals surface area (Å²) in [5, 5.41) is 10.8. The van der Waals surface area contributed by atoms with E-state index in [2.05, 4.69) is 0 Å². The topological polar surface area (TPSA) is 115 Å². The fraction of sp³-hybridized carbons (Fsp3) is 0.462. The van der Waals surface area contributed by atoms with Crippen LogP contribution in [0.15, 0.2) is 18.2 Å². The molecule has 0 radical (unpaired) electrons. The van der Waals surface area contributed by atoms with Gasteiger partial charge in [0.1, 0.15) is 5.69 Å². The smallest absolute Gasteiger partial charge is 0.292 e. The van der Waals surface area contributed by atoms with Crippen molar-refractivity contribution in [3.63, 3.8) is 0 Å². The monoisotopic (exact) mass is 316 g/mol. The summed E-state index contributed by atoms with van der Waals surface area (Å²) in [5.41, 5.74) is 10.9. The molecule has 0 atom stereocenters. The van der Waals surface area contributed by atoms with Crippen molar-refractivity contribution in [2.24, 2.45) is 11.1 Å². The summed E-state index contributed by atoms with van der Waals surface area (Å²) in [6.07, 6.45) is 0. The standard InChI is InChI=1S/C13H20N4O3.ClH/c1-13(2,7-14)8-16(3)12(18)9-4-5-10(15)11(6-9)17(19)20;/h4-6H,7-8,14-15H2,1-3H3;1H. The number of nitrogens with zero attached hydrogens (tertiary/aromatic N) is 2. The molecule has 4 N–H and O–H groups in total. The summed E-state index contributed by atoms with van der Waals surface area (Å²) in [7, 11) is 1.64. The number of hydrogen-bond donors (Lipinski definition) is 2. The highest BCUT2D eigenvalue weighted by Crippen LogP contribution is 2.23. The molecule has 0 bridgehead atoms. The molecule has 0 aliphatic heterocycles. The summed E-state index contributed by atoms with van der Waals surface area (Å²) in [5.74, 6) is -0.297. The Kier molecular flexibility index (Phi) is 6.59. The van der Waals surface area contributed by atoms with Crippen LogP contribution in [0.1, 0.15) is 24.2 Å². The van der Waals surface area contributed by atoms with E-state index in [4.69, 9.17) is 11.5 Å². The van der Waals surface area contributed by atoms with Crippen molar-refractivity contribution in [1.29, 1.82) is 0 Å². The minimum atomic E-state index is -0.601. The van der Waals surface area contributed by atoms with Crippen LogP contribution in [0.3, 0.4) is 0 Å². The second-order valence-corrected chi connectivity index (χ2v) is 5.56. The van der Waals surface area contributed by atoms with E-state index in [1.807, 2.05) is 13.8 Å². The Morgan fingerprint density at radius 2 is 2.00 bits per heavy atom. The van der Waals surface area contributed by atoms with Crippen LogP contribution in [0.4, 0.5) is 11.4 Å². The molecule has 8 heteroatoms. The van der Waals surface area contributed by atoms with Crippen LogP contribution < -0.4 is 11.5 Å². The van der Waals surface area contributed by atoms with Crippen LogP contribution in [0.2, 0.25) is 0 Å². The van der Waals surface area contributed by atoms with Crippen molar-refractivity contribution in [2.75, 3.05) is 25.9 Å². The van der Waals surface area contributed by atoms with Crippen LogP contribution in [0, 0.1) is 15.5 Å². The fourth-order valence-electron chi connectivity index (χ4n) is 1.83. The summed E-state index contributed by atoms with van der Waals surface area (Å²) in [6.45, 7) is 4.79. The van der Waals surface area contributed by atoms with E-state index in [0.29, 0.717) is 13.1 Å². The minimum Gasteiger partial charge on any atom is -0.393 e. The number of halogens is 1. The first kappa shape index (κ1) is 19.1. The zero-order valence-electron chi connectivity index (χ0n) is 12.3. The zero-order chi connectivity index (χ0) is 15.5. The Balaban J connectivity index is 0.00000400. The highest BCUT2D eigenvalue weighted by atomic mass is 35.5. The van der Waals surface area contributed by atoms with Crippen molar-refractivity contribution < 1.29 is 9.72 Å². The van der Waals surface area contributed by atoms with Gasteiger partial charge in [-0.1, -0.05) is 13.8 Å². The van der Waals surface area contributed by atoms with E-state index >= 15 is 0 Å². The van der Waals surface area contributed by atoms with E-state index in [9.17, 15) is 14.9 Å². The van der Waals surface area contributed by atoms with E-state index in [0.717, 1.165) is 0 Å². The predicted molar refractivity (Wildman–Crippen MR) is 84.6 cm³/mol. The number of amides is 1. The average molecular weight is 317 g/mol. The van der Waals surface area contributed by atoms with Gasteiger partial charge in [-0.25, -0.2) is 0 Å². The lowest BCUT2D eigenvalue weighted by molar-refractivity contribution is -0.383. The Morgan fingerprint density at radius 3 is 2.48 bits per heavy atom. The van der Waals surface area contributed by atoms with Gasteiger partial charge in [0.15, 0.2) is 0 Å². The Labute approximate surface area is 129 Å². The first-order chi connectivity index (χ1) is 9.18. The zero-order valence-corrected chi connectivity index (χ0v) is 13.1. The molecule has 0 saturated heterocycles. The van der Waals surface area contributed by atoms with Crippen LogP contribution in [-0.4, -0.2) is 35.9 Å². The van der Waals surface area contributed by atoms with Crippen molar-refractivity contribution in [3.8, 4) is 0 Å². The first-order valence-electron chi connectivity index (χ1n) is 6.17. The quantitative estimate of drug-likeness (QED) is 0.487. The van der Waals surface area contributed by atoms with Gasteiger partial charge in [-0.2, -0.15) is 0 Å². The van der Waals surface area contributed by atoms with Gasteiger partial charge < -0.3 is 16.4 Å². The molecule has 118 valence electrons. The SMILES string of the molecule is CN(CC(C)(C)CN)C(=O)c1ccc(N)c([N+](=O)[O-])c1.Cl. The molecule has 1 aromatic rings. The normalized spacial score (nSPS) is 10.7. The van der Waals surface area contributed by atoms with Crippen LogP contribution in [-0.2, 0) is 0 Å². The van der Waals surface area contributed by atoms with Gasteiger partial charge in [-0.15, -0.1) is 12.4 Å². The lowest BCUT2D eigenvalue weighted by Crippen LogP contribution is -2.39. The Morgan fingerprint density at radius 1 is 1.43 bits per heavy atom. The third kappa shape index (κ3) is 4.87. The molecule has 0 fully saturated rings. The van der Waals surface area contributed by atoms with Gasteiger partial charge in [0, 0.05) is 25.2 Å². The average Bonchev–Trinajstić information content (AvgIpc) is 2.37. The molecule has 0 spiro atoms. The number of rotatable bonds is 5. The number of hydrogen-bond acceptors (Lipinski definition) is 5. The summed E-state index contributed by atoms with van der Waals surface area (Å²) in [6, 6.07) is 4.05.